The summed E-state index contributed by atoms with van der Waals surface area (Å²) in [6, 6.07) is 19.4. The summed E-state index contributed by atoms with van der Waals surface area (Å²) in [5, 5.41) is 4.78. The SMILES string of the molecule is CC(c1nc2ccccc2c(=O)[nH]1)N(C)CCCc1cc(-c2ccccc2)no1. The Hall–Kier alpha value is -3.25. The van der Waals surface area contributed by atoms with Gasteiger partial charge in [0.15, 0.2) is 0 Å². The average Bonchev–Trinajstić information content (AvgIpc) is 3.22. The molecule has 1 N–H and O–H groups in total. The quantitative estimate of drug-likeness (QED) is 0.513. The van der Waals surface area contributed by atoms with Crippen LogP contribution < -0.4 is 5.56 Å². The fraction of sp³-hybridized carbons (Fsp3) is 0.261. The first-order valence-electron chi connectivity index (χ1n) is 9.82. The van der Waals surface area contributed by atoms with Crippen molar-refractivity contribution in [1.82, 2.24) is 20.0 Å². The number of benzene rings is 2. The molecule has 29 heavy (non-hydrogen) atoms. The zero-order valence-electron chi connectivity index (χ0n) is 16.6. The molecule has 2 aromatic carbocycles. The molecule has 4 rings (SSSR count). The van der Waals surface area contributed by atoms with Crippen LogP contribution in [-0.4, -0.2) is 33.6 Å². The third kappa shape index (κ3) is 4.27. The van der Waals surface area contributed by atoms with E-state index in [0.29, 0.717) is 11.2 Å². The lowest BCUT2D eigenvalue weighted by molar-refractivity contribution is 0.246. The maximum Gasteiger partial charge on any atom is 0.258 e. The van der Waals surface area contributed by atoms with Crippen molar-refractivity contribution >= 4 is 10.9 Å². The number of hydrogen-bond donors (Lipinski definition) is 1. The molecule has 0 aliphatic heterocycles. The van der Waals surface area contributed by atoms with Crippen molar-refractivity contribution in [1.29, 1.82) is 0 Å². The van der Waals surface area contributed by atoms with Gasteiger partial charge in [0, 0.05) is 18.1 Å². The Balaban J connectivity index is 1.37. The lowest BCUT2D eigenvalue weighted by Gasteiger charge is -2.23. The standard InChI is InChI=1S/C23H24N4O2/c1-16(22-24-20-13-7-6-12-19(20)23(28)25-22)27(2)14-8-11-18-15-21(26-29-18)17-9-4-3-5-10-17/h3-7,9-10,12-13,15-16H,8,11,14H2,1-2H3,(H,24,25,28). The van der Waals surface area contributed by atoms with E-state index in [4.69, 9.17) is 4.52 Å². The number of nitrogens with one attached hydrogen (secondary N) is 1. The molecule has 0 amide bonds. The number of hydrogen-bond acceptors (Lipinski definition) is 5. The van der Waals surface area contributed by atoms with Crippen LogP contribution >= 0.6 is 0 Å². The Morgan fingerprint density at radius 2 is 1.86 bits per heavy atom. The van der Waals surface area contributed by atoms with Gasteiger partial charge in [-0.1, -0.05) is 47.6 Å². The number of aryl methyl sites for hydroxylation is 1. The maximum absolute atomic E-state index is 12.3. The summed E-state index contributed by atoms with van der Waals surface area (Å²) in [6.45, 7) is 2.90. The molecule has 0 aliphatic carbocycles. The van der Waals surface area contributed by atoms with Crippen LogP contribution in [0.1, 0.15) is 31.0 Å². The van der Waals surface area contributed by atoms with Gasteiger partial charge in [-0.3, -0.25) is 9.69 Å². The predicted octanol–water partition coefficient (Wildman–Crippen LogP) is 4.20. The lowest BCUT2D eigenvalue weighted by Crippen LogP contribution is -2.27. The first-order chi connectivity index (χ1) is 14.1. The van der Waals surface area contributed by atoms with E-state index in [0.717, 1.165) is 41.9 Å². The van der Waals surface area contributed by atoms with E-state index in [9.17, 15) is 4.79 Å². The molecule has 0 bridgehead atoms. The molecule has 2 aromatic heterocycles. The number of H-pyrrole nitrogens is 1. The monoisotopic (exact) mass is 388 g/mol. The van der Waals surface area contributed by atoms with Crippen molar-refractivity contribution in [2.75, 3.05) is 13.6 Å². The average molecular weight is 388 g/mol. The molecule has 1 unspecified atom stereocenters. The molecule has 1 atom stereocenters. The zero-order valence-corrected chi connectivity index (χ0v) is 16.6. The van der Waals surface area contributed by atoms with Gasteiger partial charge in [0.05, 0.1) is 16.9 Å². The van der Waals surface area contributed by atoms with Crippen LogP contribution in [-0.2, 0) is 6.42 Å². The molecular weight excluding hydrogens is 364 g/mol. The van der Waals surface area contributed by atoms with Gasteiger partial charge in [-0.25, -0.2) is 4.98 Å². The van der Waals surface area contributed by atoms with Crippen molar-refractivity contribution in [3.63, 3.8) is 0 Å². The highest BCUT2D eigenvalue weighted by Gasteiger charge is 2.16. The van der Waals surface area contributed by atoms with Crippen molar-refractivity contribution in [2.24, 2.45) is 0 Å². The highest BCUT2D eigenvalue weighted by atomic mass is 16.5. The number of nitrogens with zero attached hydrogens (tertiary/aromatic N) is 3. The minimum absolute atomic E-state index is 0.00177. The number of rotatable bonds is 7. The molecular formula is C23H24N4O2. The molecule has 2 heterocycles. The number of para-hydroxylation sites is 1. The largest absolute Gasteiger partial charge is 0.361 e. The van der Waals surface area contributed by atoms with Gasteiger partial charge in [0.2, 0.25) is 0 Å². The van der Waals surface area contributed by atoms with Gasteiger partial charge in [-0.2, -0.15) is 0 Å². The van der Waals surface area contributed by atoms with Gasteiger partial charge >= 0.3 is 0 Å². The maximum atomic E-state index is 12.3. The fourth-order valence-corrected chi connectivity index (χ4v) is 3.38. The normalized spacial score (nSPS) is 12.5. The Bertz CT molecular complexity index is 1150. The topological polar surface area (TPSA) is 75.0 Å². The predicted molar refractivity (Wildman–Crippen MR) is 114 cm³/mol. The molecule has 148 valence electrons. The molecule has 6 heteroatoms. The second-order valence-electron chi connectivity index (χ2n) is 7.27. The van der Waals surface area contributed by atoms with Gasteiger partial charge < -0.3 is 9.51 Å². The van der Waals surface area contributed by atoms with Crippen LogP contribution in [0.25, 0.3) is 22.2 Å². The van der Waals surface area contributed by atoms with Gasteiger partial charge in [0.25, 0.3) is 5.56 Å². The summed E-state index contributed by atoms with van der Waals surface area (Å²) < 4.78 is 5.48. The summed E-state index contributed by atoms with van der Waals surface area (Å²) in [5.74, 6) is 1.56. The Morgan fingerprint density at radius 3 is 2.69 bits per heavy atom. The van der Waals surface area contributed by atoms with Crippen LogP contribution in [0.3, 0.4) is 0 Å². The highest BCUT2D eigenvalue weighted by Crippen LogP contribution is 2.20. The molecule has 4 aromatic rings. The molecule has 0 fully saturated rings. The first kappa shape index (κ1) is 19.1. The van der Waals surface area contributed by atoms with Gasteiger partial charge in [0.1, 0.15) is 17.3 Å². The van der Waals surface area contributed by atoms with Crippen LogP contribution in [0, 0.1) is 0 Å². The van der Waals surface area contributed by atoms with E-state index in [1.807, 2.05) is 61.6 Å². The summed E-state index contributed by atoms with van der Waals surface area (Å²) in [7, 11) is 2.04. The third-order valence-electron chi connectivity index (χ3n) is 5.25. The van der Waals surface area contributed by atoms with E-state index in [1.165, 1.54) is 0 Å². The summed E-state index contributed by atoms with van der Waals surface area (Å²) in [6.07, 6.45) is 1.72. The van der Waals surface area contributed by atoms with E-state index < -0.39 is 0 Å². The van der Waals surface area contributed by atoms with Crippen molar-refractivity contribution in [2.45, 2.75) is 25.8 Å². The second-order valence-corrected chi connectivity index (χ2v) is 7.27. The van der Waals surface area contributed by atoms with Crippen LogP contribution in [0.15, 0.2) is 70.0 Å². The molecule has 0 radical (unpaired) electrons. The first-order valence-corrected chi connectivity index (χ1v) is 9.82. The van der Waals surface area contributed by atoms with E-state index in [1.54, 1.807) is 6.07 Å². The Morgan fingerprint density at radius 1 is 1.10 bits per heavy atom. The zero-order chi connectivity index (χ0) is 20.2. The van der Waals surface area contributed by atoms with E-state index >= 15 is 0 Å². The van der Waals surface area contributed by atoms with Crippen molar-refractivity contribution in [3.05, 3.63) is 82.6 Å². The third-order valence-corrected chi connectivity index (χ3v) is 5.25. The van der Waals surface area contributed by atoms with E-state index in [-0.39, 0.29) is 11.6 Å². The molecule has 6 nitrogen and oxygen atoms in total. The van der Waals surface area contributed by atoms with Gasteiger partial charge in [-0.05, 0) is 39.1 Å². The lowest BCUT2D eigenvalue weighted by atomic mass is 10.1. The smallest absolute Gasteiger partial charge is 0.258 e. The van der Waals surface area contributed by atoms with Crippen molar-refractivity contribution < 1.29 is 4.52 Å². The number of aromatic nitrogens is 3. The minimum Gasteiger partial charge on any atom is -0.361 e. The van der Waals surface area contributed by atoms with Gasteiger partial charge in [-0.15, -0.1) is 0 Å². The Labute approximate surface area is 169 Å². The second kappa shape index (κ2) is 8.41. The van der Waals surface area contributed by atoms with Crippen LogP contribution in [0.2, 0.25) is 0 Å². The van der Waals surface area contributed by atoms with Crippen LogP contribution in [0.5, 0.6) is 0 Å². The molecule has 0 saturated carbocycles. The Kier molecular flexibility index (Phi) is 5.53. The molecule has 0 spiro atoms. The summed E-state index contributed by atoms with van der Waals surface area (Å²) in [4.78, 5) is 22.1. The van der Waals surface area contributed by atoms with Crippen molar-refractivity contribution in [3.8, 4) is 11.3 Å². The number of fused-ring (bicyclic) bond motifs is 1. The van der Waals surface area contributed by atoms with E-state index in [2.05, 4.69) is 26.9 Å². The molecule has 0 saturated heterocycles. The number of aromatic amines is 1. The fourth-order valence-electron chi connectivity index (χ4n) is 3.38. The molecule has 0 aliphatic rings. The minimum atomic E-state index is -0.0963. The van der Waals surface area contributed by atoms with Crippen LogP contribution in [0.4, 0.5) is 0 Å². The summed E-state index contributed by atoms with van der Waals surface area (Å²) >= 11 is 0. The highest BCUT2D eigenvalue weighted by molar-refractivity contribution is 5.77. The summed E-state index contributed by atoms with van der Waals surface area (Å²) in [5.41, 5.74) is 2.54.